The molecule has 0 aromatic rings. The molecule has 16 heavy (non-hydrogen) atoms. The van der Waals surface area contributed by atoms with Crippen LogP contribution in [-0.2, 0) is 4.79 Å². The van der Waals surface area contributed by atoms with Crippen LogP contribution in [0.4, 0.5) is 4.79 Å². The summed E-state index contributed by atoms with van der Waals surface area (Å²) in [6, 6.07) is -1.28. The normalized spacial score (nSPS) is 12.2. The zero-order valence-corrected chi connectivity index (χ0v) is 10.0. The number of carbonyl (C=O) groups excluding carboxylic acids is 1. The maximum absolute atomic E-state index is 11.3. The van der Waals surface area contributed by atoms with Crippen molar-refractivity contribution in [3.8, 4) is 0 Å². The van der Waals surface area contributed by atoms with E-state index in [4.69, 9.17) is 5.11 Å². The summed E-state index contributed by atoms with van der Waals surface area (Å²) in [5.41, 5.74) is 0. The third kappa shape index (κ3) is 6.23. The fourth-order valence-corrected chi connectivity index (χ4v) is 1.17. The van der Waals surface area contributed by atoms with Crippen LogP contribution in [0, 0.1) is 5.92 Å². The van der Waals surface area contributed by atoms with Crippen LogP contribution in [0.5, 0.6) is 0 Å². The van der Waals surface area contributed by atoms with E-state index in [0.717, 1.165) is 13.0 Å². The van der Waals surface area contributed by atoms with Gasteiger partial charge in [-0.1, -0.05) is 13.8 Å². The van der Waals surface area contributed by atoms with Gasteiger partial charge in [-0.05, 0) is 25.9 Å². The monoisotopic (exact) mass is 231 g/mol. The van der Waals surface area contributed by atoms with E-state index >= 15 is 0 Å². The van der Waals surface area contributed by atoms with Gasteiger partial charge >= 0.3 is 12.0 Å². The standard InChI is InChI=1S/C10H21N3O3/c1-7(2)8(9(14)15)13-10(16)12-6-4-5-11-3/h7-8,11H,4-6H2,1-3H3,(H,14,15)(H2,12,13,16)/t8-/m0/s1. The molecule has 0 aromatic carbocycles. The Morgan fingerprint density at radius 2 is 1.88 bits per heavy atom. The highest BCUT2D eigenvalue weighted by molar-refractivity contribution is 5.82. The molecule has 2 amide bonds. The lowest BCUT2D eigenvalue weighted by molar-refractivity contribution is -0.140. The Kier molecular flexibility index (Phi) is 7.28. The number of aliphatic carboxylic acids is 1. The van der Waals surface area contributed by atoms with E-state index < -0.39 is 18.0 Å². The average Bonchev–Trinajstić information content (AvgIpc) is 2.20. The van der Waals surface area contributed by atoms with Gasteiger partial charge in [0.05, 0.1) is 0 Å². The highest BCUT2D eigenvalue weighted by Gasteiger charge is 2.22. The van der Waals surface area contributed by atoms with Crippen molar-refractivity contribution in [2.75, 3.05) is 20.1 Å². The summed E-state index contributed by atoms with van der Waals surface area (Å²) >= 11 is 0. The second-order valence-electron chi connectivity index (χ2n) is 3.92. The predicted molar refractivity (Wildman–Crippen MR) is 61.3 cm³/mol. The van der Waals surface area contributed by atoms with Crippen LogP contribution < -0.4 is 16.0 Å². The van der Waals surface area contributed by atoms with Gasteiger partial charge in [-0.15, -0.1) is 0 Å². The lowest BCUT2D eigenvalue weighted by Crippen LogP contribution is -2.48. The first-order chi connectivity index (χ1) is 7.49. The second-order valence-corrected chi connectivity index (χ2v) is 3.92. The Morgan fingerprint density at radius 3 is 2.31 bits per heavy atom. The third-order valence-electron chi connectivity index (χ3n) is 2.11. The van der Waals surface area contributed by atoms with Gasteiger partial charge in [-0.3, -0.25) is 0 Å². The van der Waals surface area contributed by atoms with Crippen LogP contribution in [0.25, 0.3) is 0 Å². The van der Waals surface area contributed by atoms with Crippen LogP contribution in [0.2, 0.25) is 0 Å². The van der Waals surface area contributed by atoms with E-state index in [2.05, 4.69) is 16.0 Å². The van der Waals surface area contributed by atoms with E-state index in [0.29, 0.717) is 6.54 Å². The topological polar surface area (TPSA) is 90.5 Å². The maximum Gasteiger partial charge on any atom is 0.326 e. The summed E-state index contributed by atoms with van der Waals surface area (Å²) in [7, 11) is 1.83. The molecule has 0 heterocycles. The Hall–Kier alpha value is -1.30. The molecule has 0 rings (SSSR count). The minimum absolute atomic E-state index is 0.138. The van der Waals surface area contributed by atoms with Gasteiger partial charge in [0.1, 0.15) is 6.04 Å². The number of hydrogen-bond acceptors (Lipinski definition) is 3. The average molecular weight is 231 g/mol. The summed E-state index contributed by atoms with van der Waals surface area (Å²) in [5.74, 6) is -1.15. The number of rotatable bonds is 7. The maximum atomic E-state index is 11.3. The first kappa shape index (κ1) is 14.7. The largest absolute Gasteiger partial charge is 0.480 e. The smallest absolute Gasteiger partial charge is 0.326 e. The Morgan fingerprint density at radius 1 is 1.25 bits per heavy atom. The lowest BCUT2D eigenvalue weighted by Gasteiger charge is -2.18. The van der Waals surface area contributed by atoms with Crippen molar-refractivity contribution >= 4 is 12.0 Å². The predicted octanol–water partition coefficient (Wildman–Crippen LogP) is 0.00430. The van der Waals surface area contributed by atoms with Gasteiger partial charge in [-0.25, -0.2) is 9.59 Å². The van der Waals surface area contributed by atoms with Crippen molar-refractivity contribution in [2.24, 2.45) is 5.92 Å². The van der Waals surface area contributed by atoms with Crippen molar-refractivity contribution in [1.82, 2.24) is 16.0 Å². The molecule has 0 fully saturated rings. The third-order valence-corrected chi connectivity index (χ3v) is 2.11. The fourth-order valence-electron chi connectivity index (χ4n) is 1.17. The first-order valence-electron chi connectivity index (χ1n) is 5.40. The first-order valence-corrected chi connectivity index (χ1v) is 5.40. The Labute approximate surface area is 95.8 Å². The number of hydrogen-bond donors (Lipinski definition) is 4. The summed E-state index contributed by atoms with van der Waals surface area (Å²) in [4.78, 5) is 22.1. The van der Waals surface area contributed by atoms with Crippen molar-refractivity contribution in [1.29, 1.82) is 0 Å². The van der Waals surface area contributed by atoms with Gasteiger partial charge in [0.25, 0.3) is 0 Å². The highest BCUT2D eigenvalue weighted by atomic mass is 16.4. The Balaban J connectivity index is 3.87. The molecule has 0 aliphatic rings. The molecule has 0 radical (unpaired) electrons. The molecule has 0 bridgehead atoms. The number of amides is 2. The second kappa shape index (κ2) is 7.92. The van der Waals surface area contributed by atoms with Crippen molar-refractivity contribution in [3.05, 3.63) is 0 Å². The fraction of sp³-hybridized carbons (Fsp3) is 0.800. The van der Waals surface area contributed by atoms with E-state index in [9.17, 15) is 9.59 Å². The number of carboxylic acid groups (broad SMARTS) is 1. The molecule has 0 saturated heterocycles. The summed E-state index contributed by atoms with van der Waals surface area (Å²) in [5, 5.41) is 16.8. The molecule has 4 N–H and O–H groups in total. The molecule has 1 atom stereocenters. The van der Waals surface area contributed by atoms with Gasteiger partial charge in [0.2, 0.25) is 0 Å². The van der Waals surface area contributed by atoms with Crippen LogP contribution in [0.3, 0.4) is 0 Å². The molecule has 0 aliphatic heterocycles. The van der Waals surface area contributed by atoms with Gasteiger partial charge < -0.3 is 21.1 Å². The summed E-state index contributed by atoms with van der Waals surface area (Å²) < 4.78 is 0. The number of carboxylic acids is 1. The minimum atomic E-state index is -1.01. The van der Waals surface area contributed by atoms with E-state index in [1.54, 1.807) is 13.8 Å². The van der Waals surface area contributed by atoms with E-state index in [-0.39, 0.29) is 5.92 Å². The molecule has 6 heteroatoms. The molecule has 0 unspecified atom stereocenters. The van der Waals surface area contributed by atoms with Crippen molar-refractivity contribution in [3.63, 3.8) is 0 Å². The van der Waals surface area contributed by atoms with Crippen LogP contribution in [0.15, 0.2) is 0 Å². The Bertz CT molecular complexity index is 231. The van der Waals surface area contributed by atoms with Crippen LogP contribution in [-0.4, -0.2) is 43.3 Å². The van der Waals surface area contributed by atoms with Gasteiger partial charge in [-0.2, -0.15) is 0 Å². The van der Waals surface area contributed by atoms with Crippen molar-refractivity contribution in [2.45, 2.75) is 26.3 Å². The van der Waals surface area contributed by atoms with Gasteiger partial charge in [0.15, 0.2) is 0 Å². The van der Waals surface area contributed by atoms with Gasteiger partial charge in [0, 0.05) is 6.54 Å². The molecule has 94 valence electrons. The van der Waals surface area contributed by atoms with Crippen LogP contribution >= 0.6 is 0 Å². The molecule has 0 aromatic heterocycles. The lowest BCUT2D eigenvalue weighted by atomic mass is 10.1. The highest BCUT2D eigenvalue weighted by Crippen LogP contribution is 2.00. The van der Waals surface area contributed by atoms with E-state index in [1.165, 1.54) is 0 Å². The summed E-state index contributed by atoms with van der Waals surface area (Å²) in [6.45, 7) is 4.84. The quantitative estimate of drug-likeness (QED) is 0.464. The number of carbonyl (C=O) groups is 2. The zero-order valence-electron chi connectivity index (χ0n) is 10.0. The van der Waals surface area contributed by atoms with Crippen molar-refractivity contribution < 1.29 is 14.7 Å². The molecular formula is C10H21N3O3. The number of nitrogens with one attached hydrogen (secondary N) is 3. The number of urea groups is 1. The molecule has 6 nitrogen and oxygen atoms in total. The molecule has 0 saturated carbocycles. The molecule has 0 spiro atoms. The molecular weight excluding hydrogens is 210 g/mol. The minimum Gasteiger partial charge on any atom is -0.480 e. The van der Waals surface area contributed by atoms with E-state index in [1.807, 2.05) is 7.05 Å². The zero-order chi connectivity index (χ0) is 12.6. The SMILES string of the molecule is CNCCCNC(=O)N[C@H](C(=O)O)C(C)C. The van der Waals surface area contributed by atoms with Crippen LogP contribution in [0.1, 0.15) is 20.3 Å². The summed E-state index contributed by atoms with van der Waals surface area (Å²) in [6.07, 6.45) is 0.809. The molecule has 0 aliphatic carbocycles.